The molecule has 0 bridgehead atoms. The lowest BCUT2D eigenvalue weighted by atomic mass is 10.0. The molecule has 3 amide bonds. The molecule has 0 aliphatic rings. The number of rotatable bonds is 5. The summed E-state index contributed by atoms with van der Waals surface area (Å²) in [5, 5.41) is 2.34. The second-order valence-corrected chi connectivity index (χ2v) is 10.5. The average molecular weight is 537 g/mol. The van der Waals surface area contributed by atoms with Crippen molar-refractivity contribution in [1.82, 2.24) is 10.0 Å². The highest BCUT2D eigenvalue weighted by Gasteiger charge is 2.41. The molecule has 0 aromatic heterocycles. The lowest BCUT2D eigenvalue weighted by molar-refractivity contribution is -0.0411. The van der Waals surface area contributed by atoms with E-state index in [1.165, 1.54) is 7.11 Å². The van der Waals surface area contributed by atoms with Crippen molar-refractivity contribution in [2.24, 2.45) is 0 Å². The Bertz CT molecular complexity index is 1340. The van der Waals surface area contributed by atoms with E-state index >= 15 is 0 Å². The predicted molar refractivity (Wildman–Crippen MR) is 147 cm³/mol. The first-order valence-electron chi connectivity index (χ1n) is 12.2. The van der Waals surface area contributed by atoms with E-state index in [0.717, 1.165) is 21.1 Å². The van der Waals surface area contributed by atoms with Crippen LogP contribution in [0.5, 0.6) is 5.75 Å². The third-order valence-electron chi connectivity index (χ3n) is 5.91. The Morgan fingerprint density at radius 3 is 2.08 bits per heavy atom. The molecule has 8 heteroatoms. The van der Waals surface area contributed by atoms with Crippen LogP contribution in [0.25, 0.3) is 0 Å². The molecule has 0 aliphatic heterocycles. The molecule has 3 rings (SSSR count). The van der Waals surface area contributed by atoms with Crippen LogP contribution in [0.1, 0.15) is 63.7 Å². The van der Waals surface area contributed by atoms with Gasteiger partial charge in [0.2, 0.25) is 0 Å². The quantitative estimate of drug-likeness (QED) is 0.331. The number of aryl methyl sites for hydroxylation is 2. The smallest absolute Gasteiger partial charge is 0.436 e. The Morgan fingerprint density at radius 1 is 0.868 bits per heavy atom. The van der Waals surface area contributed by atoms with Gasteiger partial charge < -0.3 is 9.47 Å². The fourth-order valence-electron chi connectivity index (χ4n) is 4.17. The summed E-state index contributed by atoms with van der Waals surface area (Å²) in [6.07, 6.45) is -1.01. The maximum atomic E-state index is 14.1. The summed E-state index contributed by atoms with van der Waals surface area (Å²) >= 11 is 6.24. The highest BCUT2D eigenvalue weighted by Crippen LogP contribution is 2.28. The van der Waals surface area contributed by atoms with E-state index in [1.807, 2.05) is 19.9 Å². The first-order chi connectivity index (χ1) is 17.8. The Labute approximate surface area is 228 Å². The van der Waals surface area contributed by atoms with Gasteiger partial charge in [0.15, 0.2) is 0 Å². The molecule has 0 saturated carbocycles. The molecular weight excluding hydrogens is 504 g/mol. The molecule has 0 fully saturated rings. The van der Waals surface area contributed by atoms with Crippen LogP contribution in [0.2, 0.25) is 5.02 Å². The molecule has 0 N–H and O–H groups in total. The first-order valence-corrected chi connectivity index (χ1v) is 12.5. The minimum atomic E-state index is -1.01. The van der Waals surface area contributed by atoms with Crippen LogP contribution in [-0.4, -0.2) is 40.6 Å². The van der Waals surface area contributed by atoms with Gasteiger partial charge in [0.25, 0.3) is 11.8 Å². The van der Waals surface area contributed by atoms with E-state index in [1.54, 1.807) is 82.3 Å². The van der Waals surface area contributed by atoms with Crippen molar-refractivity contribution >= 4 is 29.5 Å². The molecule has 7 nitrogen and oxygen atoms in total. The number of imide groups is 1. The molecule has 0 aliphatic carbocycles. The van der Waals surface area contributed by atoms with Crippen molar-refractivity contribution in [3.63, 3.8) is 0 Å². The third kappa shape index (κ3) is 6.34. The molecule has 38 heavy (non-hydrogen) atoms. The first kappa shape index (κ1) is 28.7. The van der Waals surface area contributed by atoms with Crippen molar-refractivity contribution in [1.29, 1.82) is 0 Å². The summed E-state index contributed by atoms with van der Waals surface area (Å²) in [7, 11) is 1.50. The predicted octanol–water partition coefficient (Wildman–Crippen LogP) is 6.91. The van der Waals surface area contributed by atoms with Gasteiger partial charge in [-0.2, -0.15) is 0 Å². The minimum Gasteiger partial charge on any atom is -0.496 e. The van der Waals surface area contributed by atoms with Gasteiger partial charge in [-0.25, -0.2) is 9.80 Å². The zero-order valence-electron chi connectivity index (χ0n) is 22.8. The number of ether oxygens (including phenoxy) is 2. The monoisotopic (exact) mass is 536 g/mol. The van der Waals surface area contributed by atoms with Crippen molar-refractivity contribution < 1.29 is 23.9 Å². The molecule has 0 spiro atoms. The minimum absolute atomic E-state index is 0.185. The number of hydrazine groups is 1. The summed E-state index contributed by atoms with van der Waals surface area (Å²) in [4.78, 5) is 41.7. The van der Waals surface area contributed by atoms with E-state index in [-0.39, 0.29) is 12.2 Å². The van der Waals surface area contributed by atoms with E-state index in [4.69, 9.17) is 21.1 Å². The van der Waals surface area contributed by atoms with Gasteiger partial charge in [-0.15, -0.1) is 5.01 Å². The van der Waals surface area contributed by atoms with Crippen molar-refractivity contribution in [2.45, 2.75) is 53.7 Å². The maximum absolute atomic E-state index is 14.1. The van der Waals surface area contributed by atoms with Crippen LogP contribution in [0.4, 0.5) is 4.79 Å². The number of carbonyl (C=O) groups is 3. The summed E-state index contributed by atoms with van der Waals surface area (Å²) in [5.74, 6) is -0.769. The van der Waals surface area contributed by atoms with Gasteiger partial charge in [-0.1, -0.05) is 53.1 Å². The molecular formula is C30H33ClN2O5. The van der Waals surface area contributed by atoms with Crippen LogP contribution < -0.4 is 4.74 Å². The van der Waals surface area contributed by atoms with Crippen LogP contribution >= 0.6 is 11.6 Å². The van der Waals surface area contributed by atoms with E-state index in [2.05, 4.69) is 0 Å². The van der Waals surface area contributed by atoms with E-state index in [0.29, 0.717) is 27.5 Å². The standard InChI is InChI=1S/C30H33ClN2O5/c1-19-15-20(2)17-23(16-19)27(34)33(30(4,5)6)32(28(35)24-12-10-14-26(37-7)21(24)3)29(36)38-18-22-11-8-9-13-25(22)31/h8-17H,18H2,1-7H3. The Kier molecular flexibility index (Phi) is 8.84. The molecule has 0 atom stereocenters. The zero-order valence-corrected chi connectivity index (χ0v) is 23.6. The second-order valence-electron chi connectivity index (χ2n) is 10.1. The van der Waals surface area contributed by atoms with Crippen molar-refractivity contribution in [2.75, 3.05) is 7.11 Å². The SMILES string of the molecule is COc1cccc(C(=O)N(C(=O)OCc2ccccc2Cl)N(C(=O)c2cc(C)cc(C)c2)C(C)(C)C)c1C. The van der Waals surface area contributed by atoms with E-state index in [9.17, 15) is 14.4 Å². The average Bonchev–Trinajstić information content (AvgIpc) is 2.84. The van der Waals surface area contributed by atoms with Crippen LogP contribution in [-0.2, 0) is 11.3 Å². The number of hydrogen-bond acceptors (Lipinski definition) is 5. The third-order valence-corrected chi connectivity index (χ3v) is 6.27. The topological polar surface area (TPSA) is 76.2 Å². The van der Waals surface area contributed by atoms with Gasteiger partial charge in [0.1, 0.15) is 12.4 Å². The largest absolute Gasteiger partial charge is 0.496 e. The summed E-state index contributed by atoms with van der Waals surface area (Å²) in [6, 6.07) is 17.3. The normalized spacial score (nSPS) is 11.1. The van der Waals surface area contributed by atoms with Gasteiger partial charge in [-0.05, 0) is 71.9 Å². The van der Waals surface area contributed by atoms with E-state index < -0.39 is 23.4 Å². The Balaban J connectivity index is 2.13. The molecule has 0 radical (unpaired) electrons. The molecule has 0 unspecified atom stereocenters. The molecule has 0 saturated heterocycles. The summed E-state index contributed by atoms with van der Waals surface area (Å²) in [5.41, 5.74) is 2.40. The number of halogens is 1. The fourth-order valence-corrected chi connectivity index (χ4v) is 4.36. The number of benzene rings is 3. The second kappa shape index (κ2) is 11.7. The molecule has 3 aromatic rings. The highest BCUT2D eigenvalue weighted by molar-refractivity contribution is 6.31. The van der Waals surface area contributed by atoms with Crippen molar-refractivity contribution in [3.05, 3.63) is 99.1 Å². The zero-order chi connectivity index (χ0) is 28.2. The maximum Gasteiger partial charge on any atom is 0.436 e. The Hall–Kier alpha value is -3.84. The number of nitrogens with zero attached hydrogens (tertiary/aromatic N) is 2. The van der Waals surface area contributed by atoms with Gasteiger partial charge in [0, 0.05) is 27.3 Å². The van der Waals surface area contributed by atoms with Crippen LogP contribution in [0, 0.1) is 20.8 Å². The Morgan fingerprint density at radius 2 is 1.50 bits per heavy atom. The number of methoxy groups -OCH3 is 1. The van der Waals surface area contributed by atoms with Gasteiger partial charge >= 0.3 is 6.09 Å². The number of hydrogen-bond donors (Lipinski definition) is 0. The van der Waals surface area contributed by atoms with Crippen LogP contribution in [0.3, 0.4) is 0 Å². The van der Waals surface area contributed by atoms with Crippen molar-refractivity contribution in [3.8, 4) is 5.75 Å². The molecule has 200 valence electrons. The lowest BCUT2D eigenvalue weighted by Gasteiger charge is -2.41. The molecule has 3 aromatic carbocycles. The van der Waals surface area contributed by atoms with Gasteiger partial charge in [-0.3, -0.25) is 9.59 Å². The fraction of sp³-hybridized carbons (Fsp3) is 0.300. The number of carbonyl (C=O) groups excluding carboxylic acids is 3. The molecule has 0 heterocycles. The van der Waals surface area contributed by atoms with Gasteiger partial charge in [0.05, 0.1) is 12.6 Å². The van der Waals surface area contributed by atoms with Crippen LogP contribution in [0.15, 0.2) is 60.7 Å². The lowest BCUT2D eigenvalue weighted by Crippen LogP contribution is -2.60. The highest BCUT2D eigenvalue weighted by atomic mass is 35.5. The number of amides is 3. The summed E-state index contributed by atoms with van der Waals surface area (Å²) < 4.78 is 11.0. The summed E-state index contributed by atoms with van der Waals surface area (Å²) in [6.45, 7) is 10.5.